The van der Waals surface area contributed by atoms with Crippen LogP contribution in [0.1, 0.15) is 17.2 Å². The van der Waals surface area contributed by atoms with E-state index < -0.39 is 16.8 Å². The Morgan fingerprint density at radius 1 is 1.22 bits per heavy atom. The van der Waals surface area contributed by atoms with Gasteiger partial charge < -0.3 is 10.4 Å². The van der Waals surface area contributed by atoms with Crippen molar-refractivity contribution in [3.8, 4) is 0 Å². The molecule has 0 saturated carbocycles. The van der Waals surface area contributed by atoms with Crippen molar-refractivity contribution in [2.45, 2.75) is 12.5 Å². The van der Waals surface area contributed by atoms with E-state index in [9.17, 15) is 24.4 Å². The summed E-state index contributed by atoms with van der Waals surface area (Å²) in [6.45, 7) is -0.118. The number of benzene rings is 2. The van der Waals surface area contributed by atoms with Crippen molar-refractivity contribution >= 4 is 11.6 Å². The molecule has 0 aliphatic carbocycles. The third kappa shape index (κ3) is 4.58. The van der Waals surface area contributed by atoms with E-state index in [1.54, 1.807) is 6.07 Å². The third-order valence-electron chi connectivity index (χ3n) is 3.27. The molecule has 120 valence electrons. The smallest absolute Gasteiger partial charge is 0.269 e. The Labute approximate surface area is 131 Å². The number of hydrogen-bond donors (Lipinski definition) is 2. The lowest BCUT2D eigenvalue weighted by Gasteiger charge is -2.13. The van der Waals surface area contributed by atoms with Crippen molar-refractivity contribution in [2.75, 3.05) is 6.54 Å². The second kappa shape index (κ2) is 7.46. The van der Waals surface area contributed by atoms with Gasteiger partial charge in [0.15, 0.2) is 0 Å². The van der Waals surface area contributed by atoms with Crippen LogP contribution in [0.2, 0.25) is 0 Å². The van der Waals surface area contributed by atoms with Crippen LogP contribution in [0.15, 0.2) is 48.5 Å². The van der Waals surface area contributed by atoms with Gasteiger partial charge in [-0.1, -0.05) is 30.3 Å². The van der Waals surface area contributed by atoms with E-state index in [2.05, 4.69) is 5.32 Å². The number of carbonyl (C=O) groups is 1. The zero-order valence-electron chi connectivity index (χ0n) is 12.1. The third-order valence-corrected chi connectivity index (χ3v) is 3.27. The van der Waals surface area contributed by atoms with Crippen LogP contribution in [0.5, 0.6) is 0 Å². The number of rotatable bonds is 6. The molecule has 2 rings (SSSR count). The first-order chi connectivity index (χ1) is 11.0. The summed E-state index contributed by atoms with van der Waals surface area (Å²) in [5.41, 5.74) is 0.667. The van der Waals surface area contributed by atoms with E-state index in [-0.39, 0.29) is 30.1 Å². The highest BCUT2D eigenvalue weighted by molar-refractivity contribution is 5.78. The number of amides is 1. The lowest BCUT2D eigenvalue weighted by molar-refractivity contribution is -0.384. The van der Waals surface area contributed by atoms with Crippen LogP contribution in [0, 0.1) is 15.9 Å². The standard InChI is InChI=1S/C16H15FN2O4/c17-14-4-2-1-3-13(14)15(20)10-18-16(21)9-11-5-7-12(8-6-11)19(22)23/h1-8,15,20H,9-10H2,(H,18,21). The van der Waals surface area contributed by atoms with E-state index >= 15 is 0 Å². The van der Waals surface area contributed by atoms with Crippen LogP contribution in [0.3, 0.4) is 0 Å². The fourth-order valence-electron chi connectivity index (χ4n) is 2.05. The van der Waals surface area contributed by atoms with Crippen molar-refractivity contribution in [1.82, 2.24) is 5.32 Å². The van der Waals surface area contributed by atoms with Gasteiger partial charge in [-0.05, 0) is 11.6 Å². The van der Waals surface area contributed by atoms with E-state index in [4.69, 9.17) is 0 Å². The van der Waals surface area contributed by atoms with Gasteiger partial charge in [0.2, 0.25) is 5.91 Å². The summed E-state index contributed by atoms with van der Waals surface area (Å²) in [6.07, 6.45) is -1.13. The molecule has 0 heterocycles. The minimum absolute atomic E-state index is 0.0159. The predicted octanol–water partition coefficient (Wildman–Crippen LogP) is 2.13. The highest BCUT2D eigenvalue weighted by Crippen LogP contribution is 2.16. The summed E-state index contributed by atoms with van der Waals surface area (Å²) in [4.78, 5) is 21.8. The largest absolute Gasteiger partial charge is 0.386 e. The van der Waals surface area contributed by atoms with Crippen LogP contribution in [-0.4, -0.2) is 22.5 Å². The zero-order valence-corrected chi connectivity index (χ0v) is 12.1. The van der Waals surface area contributed by atoms with E-state index in [0.717, 1.165) is 0 Å². The molecular weight excluding hydrogens is 303 g/mol. The second-order valence-electron chi connectivity index (χ2n) is 4.94. The van der Waals surface area contributed by atoms with Crippen molar-refractivity contribution in [1.29, 1.82) is 0 Å². The molecule has 2 aromatic rings. The SMILES string of the molecule is O=C(Cc1ccc([N+](=O)[O-])cc1)NCC(O)c1ccccc1F. The molecule has 2 aromatic carbocycles. The van der Waals surface area contributed by atoms with Crippen molar-refractivity contribution < 1.29 is 19.2 Å². The second-order valence-corrected chi connectivity index (χ2v) is 4.94. The maximum atomic E-state index is 13.5. The highest BCUT2D eigenvalue weighted by Gasteiger charge is 2.14. The molecule has 0 bridgehead atoms. The summed E-state index contributed by atoms with van der Waals surface area (Å²) in [6, 6.07) is 11.4. The number of nitro benzene ring substituents is 1. The van der Waals surface area contributed by atoms with Crippen LogP contribution in [0.25, 0.3) is 0 Å². The fraction of sp³-hybridized carbons (Fsp3) is 0.188. The zero-order chi connectivity index (χ0) is 16.8. The summed E-state index contributed by atoms with van der Waals surface area (Å²) in [5, 5.41) is 22.9. The molecule has 0 fully saturated rings. The Kier molecular flexibility index (Phi) is 5.37. The number of non-ortho nitro benzene ring substituents is 1. The molecule has 0 aliphatic heterocycles. The number of aliphatic hydroxyl groups excluding tert-OH is 1. The van der Waals surface area contributed by atoms with Crippen LogP contribution in [0.4, 0.5) is 10.1 Å². The number of halogens is 1. The quantitative estimate of drug-likeness (QED) is 0.630. The number of nitrogens with zero attached hydrogens (tertiary/aromatic N) is 1. The molecule has 1 amide bonds. The van der Waals surface area contributed by atoms with Gasteiger partial charge in [-0.2, -0.15) is 0 Å². The van der Waals surface area contributed by atoms with Gasteiger partial charge in [0.1, 0.15) is 5.82 Å². The molecule has 7 heteroatoms. The Morgan fingerprint density at radius 3 is 2.48 bits per heavy atom. The van der Waals surface area contributed by atoms with E-state index in [1.807, 2.05) is 0 Å². The summed E-state index contributed by atoms with van der Waals surface area (Å²) < 4.78 is 13.5. The molecule has 0 aliphatic rings. The maximum absolute atomic E-state index is 13.5. The first kappa shape index (κ1) is 16.6. The number of aliphatic hydroxyl groups is 1. The molecule has 1 unspecified atom stereocenters. The summed E-state index contributed by atoms with van der Waals surface area (Å²) in [7, 11) is 0. The van der Waals surface area contributed by atoms with Crippen molar-refractivity contribution in [2.24, 2.45) is 0 Å². The van der Waals surface area contributed by atoms with E-state index in [0.29, 0.717) is 5.56 Å². The highest BCUT2D eigenvalue weighted by atomic mass is 19.1. The molecule has 0 saturated heterocycles. The molecular formula is C16H15FN2O4. The molecule has 1 atom stereocenters. The molecule has 2 N–H and O–H groups in total. The van der Waals surface area contributed by atoms with Crippen molar-refractivity contribution in [3.63, 3.8) is 0 Å². The lowest BCUT2D eigenvalue weighted by Crippen LogP contribution is -2.29. The van der Waals surface area contributed by atoms with Gasteiger partial charge in [0.25, 0.3) is 5.69 Å². The molecule has 6 nitrogen and oxygen atoms in total. The average Bonchev–Trinajstić information content (AvgIpc) is 2.53. The topological polar surface area (TPSA) is 92.5 Å². The van der Waals surface area contributed by atoms with Gasteiger partial charge in [-0.15, -0.1) is 0 Å². The number of nitro groups is 1. The van der Waals surface area contributed by atoms with Gasteiger partial charge in [0, 0.05) is 24.2 Å². The van der Waals surface area contributed by atoms with Crippen LogP contribution in [-0.2, 0) is 11.2 Å². The molecule has 0 spiro atoms. The Morgan fingerprint density at radius 2 is 1.87 bits per heavy atom. The summed E-state index contributed by atoms with van der Waals surface area (Å²) >= 11 is 0. The Hall–Kier alpha value is -2.80. The predicted molar refractivity (Wildman–Crippen MR) is 81.2 cm³/mol. The van der Waals surface area contributed by atoms with Gasteiger partial charge in [-0.3, -0.25) is 14.9 Å². The van der Waals surface area contributed by atoms with E-state index in [1.165, 1.54) is 42.5 Å². The summed E-state index contributed by atoms with van der Waals surface area (Å²) in [5.74, 6) is -0.904. The lowest BCUT2D eigenvalue weighted by atomic mass is 10.1. The maximum Gasteiger partial charge on any atom is 0.269 e. The Bertz CT molecular complexity index is 703. The fourth-order valence-corrected chi connectivity index (χ4v) is 2.05. The first-order valence-electron chi connectivity index (χ1n) is 6.90. The molecule has 0 aromatic heterocycles. The average molecular weight is 318 g/mol. The van der Waals surface area contributed by atoms with Crippen LogP contribution < -0.4 is 5.32 Å². The minimum Gasteiger partial charge on any atom is -0.386 e. The minimum atomic E-state index is -1.14. The number of carbonyl (C=O) groups excluding carboxylic acids is 1. The monoisotopic (exact) mass is 318 g/mol. The first-order valence-corrected chi connectivity index (χ1v) is 6.90. The Balaban J connectivity index is 1.87. The number of nitrogens with one attached hydrogen (secondary N) is 1. The molecule has 23 heavy (non-hydrogen) atoms. The van der Waals surface area contributed by atoms with Gasteiger partial charge >= 0.3 is 0 Å². The van der Waals surface area contributed by atoms with Gasteiger partial charge in [-0.25, -0.2) is 4.39 Å². The normalized spacial score (nSPS) is 11.7. The van der Waals surface area contributed by atoms with Crippen molar-refractivity contribution in [3.05, 3.63) is 75.6 Å². The number of hydrogen-bond acceptors (Lipinski definition) is 4. The van der Waals surface area contributed by atoms with Crippen LogP contribution >= 0.6 is 0 Å². The molecule has 0 radical (unpaired) electrons. The van der Waals surface area contributed by atoms with Gasteiger partial charge in [0.05, 0.1) is 17.4 Å².